The van der Waals surface area contributed by atoms with Gasteiger partial charge in [-0.3, -0.25) is 20.4 Å². The summed E-state index contributed by atoms with van der Waals surface area (Å²) in [5.41, 5.74) is 5.07. The van der Waals surface area contributed by atoms with Gasteiger partial charge < -0.3 is 9.47 Å². The van der Waals surface area contributed by atoms with Crippen LogP contribution in [0.2, 0.25) is 0 Å². The summed E-state index contributed by atoms with van der Waals surface area (Å²) < 4.78 is 9.97. The molecule has 2 amide bonds. The van der Waals surface area contributed by atoms with Crippen molar-refractivity contribution in [3.8, 4) is 11.5 Å². The van der Waals surface area contributed by atoms with Crippen LogP contribution in [0.4, 0.5) is 0 Å². The van der Waals surface area contributed by atoms with Gasteiger partial charge in [-0.1, -0.05) is 12.1 Å². The highest BCUT2D eigenvalue weighted by Gasteiger charge is 2.24. The zero-order valence-electron chi connectivity index (χ0n) is 15.1. The first-order valence-corrected chi connectivity index (χ1v) is 7.94. The Hall–Kier alpha value is -3.76. The van der Waals surface area contributed by atoms with Gasteiger partial charge in [-0.2, -0.15) is 0 Å². The summed E-state index contributed by atoms with van der Waals surface area (Å²) in [7, 11) is 0. The molecule has 2 aromatic carbocycles. The number of nitrogens with one attached hydrogen (secondary N) is 2. The van der Waals surface area contributed by atoms with E-state index < -0.39 is 23.8 Å². The van der Waals surface area contributed by atoms with Crippen molar-refractivity contribution in [2.45, 2.75) is 13.8 Å². The molecule has 0 spiro atoms. The van der Waals surface area contributed by atoms with Crippen molar-refractivity contribution in [3.63, 3.8) is 0 Å². The van der Waals surface area contributed by atoms with Crippen LogP contribution in [-0.4, -0.2) is 23.8 Å². The quantitative estimate of drug-likeness (QED) is 0.143. The van der Waals surface area contributed by atoms with Crippen molar-refractivity contribution >= 4 is 23.8 Å². The first-order chi connectivity index (χ1) is 13.3. The van der Waals surface area contributed by atoms with Crippen LogP contribution in [0.15, 0.2) is 36.4 Å². The van der Waals surface area contributed by atoms with Gasteiger partial charge in [0.1, 0.15) is 11.5 Å². The first-order valence-electron chi connectivity index (χ1n) is 7.94. The molecule has 28 heavy (non-hydrogen) atoms. The number of nitrogen functional groups attached to an aromatic ring is 2. The van der Waals surface area contributed by atoms with Gasteiger partial charge in [-0.15, -0.1) is 0 Å². The van der Waals surface area contributed by atoms with Gasteiger partial charge in [-0.05, 0) is 49.2 Å². The topological polar surface area (TPSA) is 163 Å². The molecule has 0 atom stereocenters. The fourth-order valence-electron chi connectivity index (χ4n) is 2.24. The summed E-state index contributed by atoms with van der Waals surface area (Å²) in [4.78, 5) is 47.8. The average Bonchev–Trinajstić information content (AvgIpc) is 2.67. The van der Waals surface area contributed by atoms with Gasteiger partial charge in [0.15, 0.2) is 0 Å². The van der Waals surface area contributed by atoms with Crippen LogP contribution < -0.4 is 32.0 Å². The van der Waals surface area contributed by atoms with E-state index in [9.17, 15) is 19.2 Å². The maximum Gasteiger partial charge on any atom is 0.423 e. The molecule has 6 N–H and O–H groups in total. The van der Waals surface area contributed by atoms with Crippen molar-refractivity contribution in [1.82, 2.24) is 10.9 Å². The van der Waals surface area contributed by atoms with Crippen molar-refractivity contribution in [3.05, 3.63) is 58.7 Å². The zero-order valence-corrected chi connectivity index (χ0v) is 15.1. The highest BCUT2D eigenvalue weighted by Crippen LogP contribution is 2.23. The summed E-state index contributed by atoms with van der Waals surface area (Å²) >= 11 is 0. The summed E-state index contributed by atoms with van der Waals surface area (Å²) in [6.07, 6.45) is 0. The summed E-state index contributed by atoms with van der Waals surface area (Å²) in [6.45, 7) is 3.40. The van der Waals surface area contributed by atoms with Crippen LogP contribution in [0.1, 0.15) is 31.8 Å². The minimum atomic E-state index is -1.39. The third kappa shape index (κ3) is 4.69. The molecule has 0 unspecified atom stereocenters. The second kappa shape index (κ2) is 8.75. The highest BCUT2D eigenvalue weighted by atomic mass is 16.6. The molecule has 0 radical (unpaired) electrons. The number of hydrazine groups is 2. The maximum absolute atomic E-state index is 12.1. The number of esters is 2. The van der Waals surface area contributed by atoms with Crippen molar-refractivity contribution in [2.75, 3.05) is 0 Å². The minimum Gasteiger partial charge on any atom is -0.417 e. The third-order valence-corrected chi connectivity index (χ3v) is 3.60. The van der Waals surface area contributed by atoms with E-state index in [1.54, 1.807) is 26.0 Å². The van der Waals surface area contributed by atoms with Gasteiger partial charge in [-0.25, -0.2) is 21.3 Å². The number of rotatable bonds is 4. The van der Waals surface area contributed by atoms with Crippen LogP contribution in [0.25, 0.3) is 0 Å². The molecule has 0 saturated heterocycles. The molecule has 0 aliphatic heterocycles. The molecule has 146 valence electrons. The van der Waals surface area contributed by atoms with E-state index in [-0.39, 0.29) is 22.6 Å². The van der Waals surface area contributed by atoms with Crippen LogP contribution >= 0.6 is 0 Å². The Balaban J connectivity index is 2.25. The highest BCUT2D eigenvalue weighted by molar-refractivity contribution is 6.31. The predicted molar refractivity (Wildman–Crippen MR) is 96.9 cm³/mol. The molecule has 2 rings (SSSR count). The molecule has 2 aromatic rings. The van der Waals surface area contributed by atoms with Crippen LogP contribution in [0.5, 0.6) is 11.5 Å². The van der Waals surface area contributed by atoms with E-state index >= 15 is 0 Å². The number of carbonyl (C=O) groups is 4. The molecule has 0 aliphatic rings. The smallest absolute Gasteiger partial charge is 0.417 e. The van der Waals surface area contributed by atoms with E-state index in [1.807, 2.05) is 10.9 Å². The van der Waals surface area contributed by atoms with Crippen LogP contribution in [-0.2, 0) is 9.59 Å². The van der Waals surface area contributed by atoms with Crippen molar-refractivity contribution in [2.24, 2.45) is 11.7 Å². The number of benzene rings is 2. The predicted octanol–water partition coefficient (Wildman–Crippen LogP) is 0.0214. The van der Waals surface area contributed by atoms with Gasteiger partial charge in [0.25, 0.3) is 11.8 Å². The number of amides is 2. The molecular weight excluding hydrogens is 368 g/mol. The van der Waals surface area contributed by atoms with Gasteiger partial charge in [0.05, 0.1) is 11.1 Å². The Morgan fingerprint density at radius 1 is 0.714 bits per heavy atom. The molecule has 0 aliphatic carbocycles. The number of carbonyl (C=O) groups excluding carboxylic acids is 4. The normalized spacial score (nSPS) is 10.0. The Morgan fingerprint density at radius 2 is 1.07 bits per heavy atom. The lowest BCUT2D eigenvalue weighted by Gasteiger charge is -2.11. The monoisotopic (exact) mass is 386 g/mol. The lowest BCUT2D eigenvalue weighted by atomic mass is 10.1. The number of nitrogens with two attached hydrogens (primary N) is 2. The molecule has 0 fully saturated rings. The van der Waals surface area contributed by atoms with E-state index in [2.05, 4.69) is 0 Å². The van der Waals surface area contributed by atoms with Crippen LogP contribution in [0, 0.1) is 13.8 Å². The van der Waals surface area contributed by atoms with Gasteiger partial charge in [0, 0.05) is 0 Å². The number of aryl methyl sites for hydroxylation is 2. The third-order valence-electron chi connectivity index (χ3n) is 3.60. The molecule has 10 nitrogen and oxygen atoms in total. The standard InChI is InChI=1S/C18H18N4O6/c1-9-3-5-11(15(23)21-19)13(7-9)27-17(25)18(26)28-14-8-10(2)4-6-12(14)16(24)22-20/h3-8H,19-20H2,1-2H3,(H,21,23)(H,22,24). The van der Waals surface area contributed by atoms with E-state index in [4.69, 9.17) is 21.2 Å². The van der Waals surface area contributed by atoms with Gasteiger partial charge in [0.2, 0.25) is 0 Å². The summed E-state index contributed by atoms with van der Waals surface area (Å²) in [5, 5.41) is 0. The average molecular weight is 386 g/mol. The van der Waals surface area contributed by atoms with Gasteiger partial charge >= 0.3 is 11.9 Å². The Bertz CT molecular complexity index is 880. The fraction of sp³-hybridized carbons (Fsp3) is 0.111. The maximum atomic E-state index is 12.1. The second-order valence-electron chi connectivity index (χ2n) is 5.73. The largest absolute Gasteiger partial charge is 0.423 e. The van der Waals surface area contributed by atoms with Crippen LogP contribution in [0.3, 0.4) is 0 Å². The SMILES string of the molecule is Cc1ccc(C(=O)NN)c(OC(=O)C(=O)Oc2cc(C)ccc2C(=O)NN)c1. The lowest BCUT2D eigenvalue weighted by molar-refractivity contribution is -0.156. The second-order valence-corrected chi connectivity index (χ2v) is 5.73. The molecule has 0 bridgehead atoms. The Labute approximate surface area is 159 Å². The van der Waals surface area contributed by atoms with Crippen molar-refractivity contribution in [1.29, 1.82) is 0 Å². The number of hydrogen-bond acceptors (Lipinski definition) is 8. The van der Waals surface area contributed by atoms with E-state index in [0.29, 0.717) is 11.1 Å². The summed E-state index contributed by atoms with van der Waals surface area (Å²) in [6, 6.07) is 8.74. The summed E-state index contributed by atoms with van der Waals surface area (Å²) in [5.74, 6) is 5.64. The van der Waals surface area contributed by atoms with Crippen molar-refractivity contribution < 1.29 is 28.7 Å². The Morgan fingerprint density at radius 3 is 1.39 bits per heavy atom. The van der Waals surface area contributed by atoms with E-state index in [1.165, 1.54) is 24.3 Å². The lowest BCUT2D eigenvalue weighted by Crippen LogP contribution is -2.32. The first kappa shape index (κ1) is 20.6. The number of hydrogen-bond donors (Lipinski definition) is 4. The number of ether oxygens (including phenoxy) is 2. The molecular formula is C18H18N4O6. The molecule has 10 heteroatoms. The van der Waals surface area contributed by atoms with E-state index in [0.717, 1.165) is 0 Å². The molecule has 0 heterocycles. The Kier molecular flexibility index (Phi) is 6.42. The molecule has 0 saturated carbocycles. The minimum absolute atomic E-state index is 0.0481. The zero-order chi connectivity index (χ0) is 20.8. The fourth-order valence-corrected chi connectivity index (χ4v) is 2.24. The molecule has 0 aromatic heterocycles.